The van der Waals surface area contributed by atoms with E-state index in [1.807, 2.05) is 6.26 Å². The van der Waals surface area contributed by atoms with Gasteiger partial charge in [0.1, 0.15) is 5.92 Å². The maximum absolute atomic E-state index is 11.7. The standard InChI is InChI=1S/C14H28N2O5S.Na/c1-16(2)14(18)12(13(15)17)4-5-19-6-7-20-8-9-21-10-11-22-3;/h12H,4-11H2,1-3H3,(H2,15,17);/q;+1. The quantitative estimate of drug-likeness (QED) is 0.202. The number of rotatable bonds is 14. The van der Waals surface area contributed by atoms with Crippen molar-refractivity contribution in [3.05, 3.63) is 0 Å². The number of nitrogens with zero attached hydrogens (tertiary/aromatic N) is 1. The van der Waals surface area contributed by atoms with Gasteiger partial charge in [0, 0.05) is 26.5 Å². The van der Waals surface area contributed by atoms with Gasteiger partial charge in [0.2, 0.25) is 11.8 Å². The Bertz CT molecular complexity index is 322. The van der Waals surface area contributed by atoms with Crippen LogP contribution in [0.2, 0.25) is 0 Å². The van der Waals surface area contributed by atoms with Crippen LogP contribution in [0.5, 0.6) is 0 Å². The van der Waals surface area contributed by atoms with Crippen LogP contribution in [0.3, 0.4) is 0 Å². The van der Waals surface area contributed by atoms with Crippen LogP contribution in [0.25, 0.3) is 0 Å². The number of hydrogen-bond acceptors (Lipinski definition) is 6. The van der Waals surface area contributed by atoms with E-state index >= 15 is 0 Å². The number of thioether (sulfide) groups is 1. The molecular weight excluding hydrogens is 331 g/mol. The van der Waals surface area contributed by atoms with Gasteiger partial charge in [0.15, 0.2) is 0 Å². The van der Waals surface area contributed by atoms with Gasteiger partial charge >= 0.3 is 29.6 Å². The van der Waals surface area contributed by atoms with Crippen LogP contribution in [0, 0.1) is 5.92 Å². The van der Waals surface area contributed by atoms with Gasteiger partial charge in [-0.3, -0.25) is 9.59 Å². The van der Waals surface area contributed by atoms with Crippen molar-refractivity contribution in [3.8, 4) is 0 Å². The van der Waals surface area contributed by atoms with Crippen molar-refractivity contribution in [3.63, 3.8) is 0 Å². The molecule has 0 spiro atoms. The molecule has 0 fully saturated rings. The molecule has 0 saturated carbocycles. The fourth-order valence-electron chi connectivity index (χ4n) is 1.58. The third kappa shape index (κ3) is 14.2. The minimum Gasteiger partial charge on any atom is -0.379 e. The molecule has 0 bridgehead atoms. The summed E-state index contributed by atoms with van der Waals surface area (Å²) in [6, 6.07) is 0. The van der Waals surface area contributed by atoms with Crippen LogP contribution in [0.1, 0.15) is 6.42 Å². The Morgan fingerprint density at radius 2 is 1.48 bits per heavy atom. The molecule has 7 nitrogen and oxygen atoms in total. The van der Waals surface area contributed by atoms with Gasteiger partial charge in [0.25, 0.3) is 0 Å². The van der Waals surface area contributed by atoms with E-state index in [1.165, 1.54) is 4.90 Å². The SMILES string of the molecule is CSCCOCCOCCOCCC(C(N)=O)C(=O)N(C)C.[Na+]. The molecule has 9 heteroatoms. The minimum atomic E-state index is -0.833. The molecule has 2 amide bonds. The Kier molecular flexibility index (Phi) is 18.8. The summed E-state index contributed by atoms with van der Waals surface area (Å²) in [4.78, 5) is 24.3. The summed E-state index contributed by atoms with van der Waals surface area (Å²) < 4.78 is 16.0. The normalized spacial score (nSPS) is 11.6. The fraction of sp³-hybridized carbons (Fsp3) is 0.857. The minimum absolute atomic E-state index is 0. The molecule has 0 aliphatic carbocycles. The molecule has 0 aliphatic heterocycles. The Morgan fingerprint density at radius 3 is 1.91 bits per heavy atom. The topological polar surface area (TPSA) is 91.1 Å². The Balaban J connectivity index is 0. The van der Waals surface area contributed by atoms with E-state index in [0.29, 0.717) is 33.0 Å². The van der Waals surface area contributed by atoms with Gasteiger partial charge in [-0.2, -0.15) is 11.8 Å². The number of hydrogen-bond donors (Lipinski definition) is 1. The van der Waals surface area contributed by atoms with E-state index in [1.54, 1.807) is 25.9 Å². The molecule has 130 valence electrons. The second-order valence-corrected chi connectivity index (χ2v) is 5.79. The van der Waals surface area contributed by atoms with Crippen LogP contribution in [-0.4, -0.2) is 82.5 Å². The van der Waals surface area contributed by atoms with Gasteiger partial charge in [-0.15, -0.1) is 0 Å². The molecule has 0 aliphatic rings. The molecule has 0 aromatic heterocycles. The molecular formula is C14H28N2NaO5S+. The second-order valence-electron chi connectivity index (χ2n) is 4.81. The van der Waals surface area contributed by atoms with E-state index in [2.05, 4.69) is 0 Å². The van der Waals surface area contributed by atoms with E-state index < -0.39 is 11.8 Å². The predicted octanol–water partition coefficient (Wildman–Crippen LogP) is -3.02. The molecule has 0 heterocycles. The first-order valence-corrected chi connectivity index (χ1v) is 8.62. The number of ether oxygens (including phenoxy) is 3. The van der Waals surface area contributed by atoms with E-state index in [0.717, 1.165) is 12.4 Å². The number of nitrogens with two attached hydrogens (primary N) is 1. The summed E-state index contributed by atoms with van der Waals surface area (Å²) in [6.45, 7) is 2.99. The van der Waals surface area contributed by atoms with Crippen molar-refractivity contribution in [1.29, 1.82) is 0 Å². The smallest absolute Gasteiger partial charge is 0.379 e. The molecule has 0 aromatic carbocycles. The zero-order valence-electron chi connectivity index (χ0n) is 14.7. The zero-order valence-corrected chi connectivity index (χ0v) is 17.5. The van der Waals surface area contributed by atoms with Crippen molar-refractivity contribution < 1.29 is 53.4 Å². The molecule has 0 aromatic rings. The van der Waals surface area contributed by atoms with Gasteiger partial charge in [-0.05, 0) is 12.7 Å². The van der Waals surface area contributed by atoms with Crippen molar-refractivity contribution in [2.24, 2.45) is 11.7 Å². The Labute approximate surface area is 165 Å². The summed E-state index contributed by atoms with van der Waals surface area (Å²) in [5.74, 6) is -0.771. The number of amides is 2. The van der Waals surface area contributed by atoms with Crippen molar-refractivity contribution >= 4 is 23.6 Å². The number of carbonyl (C=O) groups excluding carboxylic acids is 2. The fourth-order valence-corrected chi connectivity index (χ4v) is 1.87. The van der Waals surface area contributed by atoms with Crippen LogP contribution in [0.15, 0.2) is 0 Å². The number of primary amides is 1. The van der Waals surface area contributed by atoms with Crippen molar-refractivity contribution in [1.82, 2.24) is 4.90 Å². The zero-order chi connectivity index (χ0) is 16.8. The van der Waals surface area contributed by atoms with E-state index in [-0.39, 0.29) is 41.9 Å². The monoisotopic (exact) mass is 359 g/mol. The summed E-state index contributed by atoms with van der Waals surface area (Å²) in [5, 5.41) is 0. The average Bonchev–Trinajstić information content (AvgIpc) is 2.47. The first kappa shape index (κ1) is 25.4. The molecule has 0 radical (unpaired) electrons. The summed E-state index contributed by atoms with van der Waals surface area (Å²) in [7, 11) is 3.18. The van der Waals surface area contributed by atoms with Crippen LogP contribution >= 0.6 is 11.8 Å². The Morgan fingerprint density at radius 1 is 1.00 bits per heavy atom. The molecule has 0 rings (SSSR count). The molecule has 2 N–H and O–H groups in total. The average molecular weight is 359 g/mol. The summed E-state index contributed by atoms with van der Waals surface area (Å²) >= 11 is 1.74. The van der Waals surface area contributed by atoms with Crippen LogP contribution in [0.4, 0.5) is 0 Å². The van der Waals surface area contributed by atoms with Gasteiger partial charge in [-0.25, -0.2) is 0 Å². The largest absolute Gasteiger partial charge is 1.00 e. The maximum atomic E-state index is 11.7. The molecule has 23 heavy (non-hydrogen) atoms. The third-order valence-corrected chi connectivity index (χ3v) is 3.38. The van der Waals surface area contributed by atoms with Gasteiger partial charge < -0.3 is 24.8 Å². The third-order valence-electron chi connectivity index (χ3n) is 2.81. The molecule has 1 unspecified atom stereocenters. The van der Waals surface area contributed by atoms with Gasteiger partial charge in [0.05, 0.1) is 33.0 Å². The maximum Gasteiger partial charge on any atom is 1.00 e. The molecule has 0 saturated heterocycles. The number of carbonyl (C=O) groups is 2. The first-order chi connectivity index (χ1) is 10.5. The van der Waals surface area contributed by atoms with E-state index in [9.17, 15) is 9.59 Å². The summed E-state index contributed by atoms with van der Waals surface area (Å²) in [5.41, 5.74) is 5.22. The van der Waals surface area contributed by atoms with E-state index in [4.69, 9.17) is 19.9 Å². The first-order valence-electron chi connectivity index (χ1n) is 7.23. The van der Waals surface area contributed by atoms with Crippen molar-refractivity contribution in [2.45, 2.75) is 6.42 Å². The van der Waals surface area contributed by atoms with Crippen LogP contribution in [-0.2, 0) is 23.8 Å². The Hall–Kier alpha value is 0.170. The van der Waals surface area contributed by atoms with Crippen molar-refractivity contribution in [2.75, 3.05) is 65.7 Å². The summed E-state index contributed by atoms with van der Waals surface area (Å²) in [6.07, 6.45) is 2.32. The predicted molar refractivity (Wildman–Crippen MR) is 86.8 cm³/mol. The van der Waals surface area contributed by atoms with Crippen LogP contribution < -0.4 is 35.3 Å². The molecule has 1 atom stereocenters. The second kappa shape index (κ2) is 17.0. The van der Waals surface area contributed by atoms with Gasteiger partial charge in [-0.1, -0.05) is 0 Å².